The van der Waals surface area contributed by atoms with Crippen molar-refractivity contribution in [3.8, 4) is 0 Å². The van der Waals surface area contributed by atoms with Gasteiger partial charge in [-0.3, -0.25) is 10.1 Å². The molecule has 0 saturated carbocycles. The van der Waals surface area contributed by atoms with Crippen molar-refractivity contribution in [1.29, 1.82) is 0 Å². The number of thioether (sulfide) groups is 1. The normalized spacial score (nSPS) is 23.3. The number of amides is 1. The van der Waals surface area contributed by atoms with E-state index in [0.29, 0.717) is 0 Å². The van der Waals surface area contributed by atoms with Gasteiger partial charge in [-0.05, 0) is 24.1 Å². The summed E-state index contributed by atoms with van der Waals surface area (Å²) in [6, 6.07) is 4.18. The Morgan fingerprint density at radius 3 is 3.00 bits per heavy atom. The van der Waals surface area contributed by atoms with Crippen molar-refractivity contribution in [2.75, 3.05) is 18.6 Å². The van der Waals surface area contributed by atoms with Crippen LogP contribution in [0.2, 0.25) is 0 Å². The number of rotatable bonds is 7. The minimum absolute atomic E-state index is 0.00825. The number of hydrogen-bond donors (Lipinski definition) is 1. The van der Waals surface area contributed by atoms with Crippen molar-refractivity contribution in [3.05, 3.63) is 22.4 Å². The summed E-state index contributed by atoms with van der Waals surface area (Å²) in [5.41, 5.74) is 0. The van der Waals surface area contributed by atoms with Crippen LogP contribution in [-0.4, -0.2) is 35.4 Å². The number of nitrogens with zero attached hydrogens (tertiary/aromatic N) is 1. The minimum Gasteiger partial charge on any atom is -0.320 e. The Balaban J connectivity index is 2.08. The van der Waals surface area contributed by atoms with E-state index < -0.39 is 0 Å². The maximum atomic E-state index is 12.5. The van der Waals surface area contributed by atoms with Crippen LogP contribution in [-0.2, 0) is 4.79 Å². The molecule has 3 nitrogen and oxygen atoms in total. The number of unbranched alkanes of at least 4 members (excludes halogenated alkanes) is 1. The molecule has 0 aliphatic carbocycles. The molecule has 1 aliphatic rings. The highest BCUT2D eigenvalue weighted by molar-refractivity contribution is 7.98. The lowest BCUT2D eigenvalue weighted by Gasteiger charge is -2.22. The number of nitrogens with one attached hydrogen (secondary N) is 1. The molecule has 1 fully saturated rings. The fraction of sp³-hybridized carbons (Fsp3) is 0.643. The third-order valence-electron chi connectivity index (χ3n) is 3.45. The van der Waals surface area contributed by atoms with Crippen molar-refractivity contribution in [3.63, 3.8) is 0 Å². The van der Waals surface area contributed by atoms with Crippen LogP contribution in [0.1, 0.15) is 37.2 Å². The summed E-state index contributed by atoms with van der Waals surface area (Å²) in [7, 11) is 0. The highest BCUT2D eigenvalue weighted by atomic mass is 32.2. The molecular weight excluding hydrogens is 276 g/mol. The van der Waals surface area contributed by atoms with Gasteiger partial charge in [0.25, 0.3) is 0 Å². The minimum atomic E-state index is 0.00825. The van der Waals surface area contributed by atoms with Gasteiger partial charge in [0.05, 0.1) is 6.04 Å². The van der Waals surface area contributed by atoms with Gasteiger partial charge in [0.1, 0.15) is 6.17 Å². The van der Waals surface area contributed by atoms with E-state index >= 15 is 0 Å². The first-order valence-corrected chi connectivity index (χ1v) is 9.14. The van der Waals surface area contributed by atoms with Crippen molar-refractivity contribution >= 4 is 29.0 Å². The summed E-state index contributed by atoms with van der Waals surface area (Å²) in [6.07, 6.45) is 5.37. The molecule has 0 radical (unpaired) electrons. The van der Waals surface area contributed by atoms with Gasteiger partial charge in [0, 0.05) is 17.2 Å². The molecule has 0 aromatic carbocycles. The molecule has 1 aliphatic heterocycles. The van der Waals surface area contributed by atoms with Gasteiger partial charge in [-0.25, -0.2) is 0 Å². The van der Waals surface area contributed by atoms with Crippen LogP contribution in [0.3, 0.4) is 0 Å². The van der Waals surface area contributed by atoms with Gasteiger partial charge in [-0.2, -0.15) is 11.8 Å². The number of carbonyl (C=O) groups excluding carboxylic acids is 1. The van der Waals surface area contributed by atoms with Crippen LogP contribution in [0.15, 0.2) is 17.5 Å². The van der Waals surface area contributed by atoms with Gasteiger partial charge in [-0.1, -0.05) is 25.8 Å². The second-order valence-electron chi connectivity index (χ2n) is 4.80. The van der Waals surface area contributed by atoms with E-state index in [0.717, 1.165) is 31.6 Å². The average molecular weight is 298 g/mol. The summed E-state index contributed by atoms with van der Waals surface area (Å²) in [5, 5.41) is 5.59. The molecule has 1 amide bonds. The molecule has 2 rings (SSSR count). The zero-order valence-corrected chi connectivity index (χ0v) is 13.2. The van der Waals surface area contributed by atoms with Crippen LogP contribution in [0.25, 0.3) is 0 Å². The topological polar surface area (TPSA) is 32.3 Å². The monoisotopic (exact) mass is 298 g/mol. The summed E-state index contributed by atoms with van der Waals surface area (Å²) >= 11 is 3.51. The van der Waals surface area contributed by atoms with Gasteiger partial charge >= 0.3 is 0 Å². The number of thiophene rings is 1. The van der Waals surface area contributed by atoms with E-state index in [2.05, 4.69) is 36.0 Å². The molecule has 1 aromatic rings. The Kier molecular flexibility index (Phi) is 5.73. The average Bonchev–Trinajstić information content (AvgIpc) is 3.03. The van der Waals surface area contributed by atoms with Gasteiger partial charge in [0.15, 0.2) is 0 Å². The quantitative estimate of drug-likeness (QED) is 0.839. The fourth-order valence-electron chi connectivity index (χ4n) is 2.41. The molecule has 106 valence electrons. The smallest absolute Gasteiger partial charge is 0.241 e. The number of hydrogen-bond acceptors (Lipinski definition) is 4. The fourth-order valence-corrected chi connectivity index (χ4v) is 3.58. The van der Waals surface area contributed by atoms with Gasteiger partial charge < -0.3 is 4.90 Å². The first kappa shape index (κ1) is 14.9. The SMILES string of the molecule is CCCCC1NC(c2cccs2)N(CCSC)C1=O. The molecule has 1 aromatic heterocycles. The molecule has 19 heavy (non-hydrogen) atoms. The highest BCUT2D eigenvalue weighted by Gasteiger charge is 2.38. The van der Waals surface area contributed by atoms with Crippen LogP contribution < -0.4 is 5.32 Å². The summed E-state index contributed by atoms with van der Waals surface area (Å²) < 4.78 is 0. The van der Waals surface area contributed by atoms with Crippen LogP contribution in [0.5, 0.6) is 0 Å². The maximum absolute atomic E-state index is 12.5. The summed E-state index contributed by atoms with van der Waals surface area (Å²) in [4.78, 5) is 15.7. The molecule has 2 unspecified atom stereocenters. The Morgan fingerprint density at radius 1 is 1.53 bits per heavy atom. The van der Waals surface area contributed by atoms with Gasteiger partial charge in [-0.15, -0.1) is 11.3 Å². The predicted molar refractivity (Wildman–Crippen MR) is 83.6 cm³/mol. The third kappa shape index (κ3) is 3.52. The number of carbonyl (C=O) groups is 1. The lowest BCUT2D eigenvalue weighted by atomic mass is 10.1. The van der Waals surface area contributed by atoms with Crippen molar-refractivity contribution in [2.24, 2.45) is 0 Å². The summed E-state index contributed by atoms with van der Waals surface area (Å²) in [6.45, 7) is 3.00. The Bertz CT molecular complexity index is 394. The molecule has 1 N–H and O–H groups in total. The van der Waals surface area contributed by atoms with Crippen LogP contribution in [0.4, 0.5) is 0 Å². The lowest BCUT2D eigenvalue weighted by Crippen LogP contribution is -2.32. The first-order valence-electron chi connectivity index (χ1n) is 6.86. The molecule has 0 spiro atoms. The Morgan fingerprint density at radius 2 is 2.37 bits per heavy atom. The second kappa shape index (κ2) is 7.31. The Labute approximate surface area is 123 Å². The predicted octanol–water partition coefficient (Wildman–Crippen LogP) is 3.10. The van der Waals surface area contributed by atoms with Crippen molar-refractivity contribution < 1.29 is 4.79 Å². The van der Waals surface area contributed by atoms with E-state index in [4.69, 9.17) is 0 Å². The zero-order valence-electron chi connectivity index (χ0n) is 11.6. The van der Waals surface area contributed by atoms with Crippen LogP contribution >= 0.6 is 23.1 Å². The Hall–Kier alpha value is -0.520. The van der Waals surface area contributed by atoms with E-state index in [9.17, 15) is 4.79 Å². The molecule has 2 atom stereocenters. The van der Waals surface area contributed by atoms with E-state index in [-0.39, 0.29) is 18.1 Å². The van der Waals surface area contributed by atoms with E-state index in [1.54, 1.807) is 23.1 Å². The largest absolute Gasteiger partial charge is 0.320 e. The molecule has 5 heteroatoms. The molecule has 0 bridgehead atoms. The maximum Gasteiger partial charge on any atom is 0.241 e. The van der Waals surface area contributed by atoms with Crippen molar-refractivity contribution in [2.45, 2.75) is 38.4 Å². The zero-order chi connectivity index (χ0) is 13.7. The lowest BCUT2D eigenvalue weighted by molar-refractivity contribution is -0.129. The van der Waals surface area contributed by atoms with E-state index in [1.807, 2.05) is 4.90 Å². The highest BCUT2D eigenvalue weighted by Crippen LogP contribution is 2.30. The standard InChI is InChI=1S/C14H22N2OS2/c1-3-4-6-11-14(17)16(8-10-18-2)13(15-11)12-7-5-9-19-12/h5,7,9,11,13,15H,3-4,6,8,10H2,1-2H3. The van der Waals surface area contributed by atoms with Gasteiger partial charge in [0.2, 0.25) is 5.91 Å². The molecule has 2 heterocycles. The first-order chi connectivity index (χ1) is 9.27. The molecular formula is C14H22N2OS2. The van der Waals surface area contributed by atoms with E-state index in [1.165, 1.54) is 4.88 Å². The molecule has 1 saturated heterocycles. The third-order valence-corrected chi connectivity index (χ3v) is 4.96. The van der Waals surface area contributed by atoms with Crippen molar-refractivity contribution in [1.82, 2.24) is 10.2 Å². The second-order valence-corrected chi connectivity index (χ2v) is 6.77. The van der Waals surface area contributed by atoms with Crippen LogP contribution in [0, 0.1) is 0 Å². The summed E-state index contributed by atoms with van der Waals surface area (Å²) in [5.74, 6) is 1.27.